The number of carbonyl (C=O) groups is 2. The number of carbonyl (C=O) groups excluding carboxylic acids is 2. The van der Waals surface area contributed by atoms with Crippen LogP contribution in [0.5, 0.6) is 0 Å². The van der Waals surface area contributed by atoms with Gasteiger partial charge in [0.05, 0.1) is 6.04 Å². The van der Waals surface area contributed by atoms with Crippen molar-refractivity contribution in [3.8, 4) is 0 Å². The number of hydrogen-bond donors (Lipinski definition) is 3. The summed E-state index contributed by atoms with van der Waals surface area (Å²) in [5.74, 6) is 0.167. The molecule has 0 spiro atoms. The second-order valence-electron chi connectivity index (χ2n) is 3.87. The van der Waals surface area contributed by atoms with Crippen LogP contribution in [0.1, 0.15) is 26.2 Å². The summed E-state index contributed by atoms with van der Waals surface area (Å²) >= 11 is 0. The summed E-state index contributed by atoms with van der Waals surface area (Å²) in [6.45, 7) is 2.79. The first kappa shape index (κ1) is 12.0. The van der Waals surface area contributed by atoms with Gasteiger partial charge >= 0.3 is 0 Å². The molecule has 4 N–H and O–H groups in total. The molecule has 1 atom stereocenters. The van der Waals surface area contributed by atoms with Crippen molar-refractivity contribution in [2.45, 2.75) is 32.2 Å². The first-order chi connectivity index (χ1) is 7.15. The van der Waals surface area contributed by atoms with E-state index in [0.717, 1.165) is 12.8 Å². The zero-order valence-corrected chi connectivity index (χ0v) is 9.08. The molecule has 0 aromatic heterocycles. The van der Waals surface area contributed by atoms with Crippen molar-refractivity contribution < 1.29 is 9.59 Å². The predicted molar refractivity (Wildman–Crippen MR) is 57.0 cm³/mol. The van der Waals surface area contributed by atoms with Crippen LogP contribution in [0.4, 0.5) is 0 Å². The molecule has 1 aliphatic carbocycles. The van der Waals surface area contributed by atoms with Gasteiger partial charge in [-0.15, -0.1) is 0 Å². The lowest BCUT2D eigenvalue weighted by Crippen LogP contribution is -2.43. The Morgan fingerprint density at radius 1 is 1.33 bits per heavy atom. The first-order valence-electron chi connectivity index (χ1n) is 5.46. The third-order valence-corrected chi connectivity index (χ3v) is 2.45. The maximum atomic E-state index is 11.2. The first-order valence-corrected chi connectivity index (χ1v) is 5.46. The number of nitrogens with one attached hydrogen (secondary N) is 2. The van der Waals surface area contributed by atoms with Gasteiger partial charge in [-0.2, -0.15) is 0 Å². The second kappa shape index (κ2) is 5.70. The maximum absolute atomic E-state index is 11.2. The fraction of sp³-hybridized carbons (Fsp3) is 0.800. The van der Waals surface area contributed by atoms with Gasteiger partial charge in [-0.05, 0) is 19.3 Å². The molecule has 1 unspecified atom stereocenters. The highest BCUT2D eigenvalue weighted by molar-refractivity contribution is 5.82. The van der Waals surface area contributed by atoms with E-state index >= 15 is 0 Å². The Balaban J connectivity index is 2.00. The third-order valence-electron chi connectivity index (χ3n) is 2.45. The zero-order valence-electron chi connectivity index (χ0n) is 9.08. The molecule has 0 aliphatic heterocycles. The Morgan fingerprint density at radius 2 is 1.93 bits per heavy atom. The number of rotatable bonds is 6. The van der Waals surface area contributed by atoms with Gasteiger partial charge < -0.3 is 16.4 Å². The zero-order chi connectivity index (χ0) is 11.3. The summed E-state index contributed by atoms with van der Waals surface area (Å²) in [6, 6.07) is -0.441. The van der Waals surface area contributed by atoms with Gasteiger partial charge in [0.1, 0.15) is 0 Å². The van der Waals surface area contributed by atoms with Crippen LogP contribution in [0, 0.1) is 5.92 Å². The van der Waals surface area contributed by atoms with Gasteiger partial charge in [0.25, 0.3) is 0 Å². The number of nitrogens with two attached hydrogens (primary N) is 1. The summed E-state index contributed by atoms with van der Waals surface area (Å²) in [5, 5.41) is 5.43. The molecular formula is C10H19N3O2. The van der Waals surface area contributed by atoms with Gasteiger partial charge in [-0.1, -0.05) is 6.92 Å². The Hall–Kier alpha value is -1.10. The molecule has 0 aromatic rings. The highest BCUT2D eigenvalue weighted by atomic mass is 16.2. The van der Waals surface area contributed by atoms with Crippen LogP contribution < -0.4 is 16.4 Å². The van der Waals surface area contributed by atoms with Gasteiger partial charge in [0.2, 0.25) is 11.8 Å². The van der Waals surface area contributed by atoms with E-state index in [1.54, 1.807) is 0 Å². The van der Waals surface area contributed by atoms with E-state index in [1.165, 1.54) is 0 Å². The average Bonchev–Trinajstić information content (AvgIpc) is 3.06. The molecule has 0 heterocycles. The summed E-state index contributed by atoms with van der Waals surface area (Å²) in [6.07, 6.45) is 2.62. The van der Waals surface area contributed by atoms with E-state index in [1.807, 2.05) is 6.92 Å². The van der Waals surface area contributed by atoms with Crippen LogP contribution in [0.15, 0.2) is 0 Å². The van der Waals surface area contributed by atoms with Crippen molar-refractivity contribution in [1.29, 1.82) is 0 Å². The predicted octanol–water partition coefficient (Wildman–Crippen LogP) is -0.634. The fourth-order valence-corrected chi connectivity index (χ4v) is 1.18. The molecule has 5 nitrogen and oxygen atoms in total. The van der Waals surface area contributed by atoms with Crippen molar-refractivity contribution in [3.63, 3.8) is 0 Å². The van der Waals surface area contributed by atoms with Crippen molar-refractivity contribution >= 4 is 11.8 Å². The molecule has 1 saturated carbocycles. The van der Waals surface area contributed by atoms with E-state index in [0.29, 0.717) is 19.5 Å². The van der Waals surface area contributed by atoms with E-state index in [9.17, 15) is 9.59 Å². The summed E-state index contributed by atoms with van der Waals surface area (Å²) in [7, 11) is 0. The average molecular weight is 213 g/mol. The molecule has 0 radical (unpaired) electrons. The van der Waals surface area contributed by atoms with Crippen LogP contribution in [-0.2, 0) is 9.59 Å². The molecule has 15 heavy (non-hydrogen) atoms. The highest BCUT2D eigenvalue weighted by Gasteiger charge is 2.28. The smallest absolute Gasteiger partial charge is 0.236 e. The van der Waals surface area contributed by atoms with E-state index in [4.69, 9.17) is 5.73 Å². The number of hydrogen-bond acceptors (Lipinski definition) is 3. The lowest BCUT2D eigenvalue weighted by Gasteiger charge is -2.10. The molecule has 0 saturated heterocycles. The summed E-state index contributed by atoms with van der Waals surface area (Å²) in [5.41, 5.74) is 5.52. The second-order valence-corrected chi connectivity index (χ2v) is 3.87. The minimum Gasteiger partial charge on any atom is -0.354 e. The Bertz CT molecular complexity index is 239. The molecule has 1 fully saturated rings. The fourth-order valence-electron chi connectivity index (χ4n) is 1.18. The van der Waals surface area contributed by atoms with Crippen LogP contribution in [0.2, 0.25) is 0 Å². The van der Waals surface area contributed by atoms with Crippen molar-refractivity contribution in [1.82, 2.24) is 10.6 Å². The third kappa shape index (κ3) is 4.29. The van der Waals surface area contributed by atoms with Crippen molar-refractivity contribution in [3.05, 3.63) is 0 Å². The monoisotopic (exact) mass is 213 g/mol. The Labute approximate surface area is 89.8 Å². The summed E-state index contributed by atoms with van der Waals surface area (Å²) in [4.78, 5) is 22.4. The Kier molecular flexibility index (Phi) is 4.55. The maximum Gasteiger partial charge on any atom is 0.236 e. The van der Waals surface area contributed by atoms with Crippen LogP contribution in [-0.4, -0.2) is 30.9 Å². The molecule has 5 heteroatoms. The van der Waals surface area contributed by atoms with Gasteiger partial charge in [0, 0.05) is 19.0 Å². The molecular weight excluding hydrogens is 194 g/mol. The standard InChI is InChI=1S/C10H19N3O2/c1-2-8(11)10(15)13-6-5-12-9(14)7-3-4-7/h7-8H,2-6,11H2,1H3,(H,12,14)(H,13,15). The summed E-state index contributed by atoms with van der Waals surface area (Å²) < 4.78 is 0. The largest absolute Gasteiger partial charge is 0.354 e. The van der Waals surface area contributed by atoms with Crippen molar-refractivity contribution in [2.24, 2.45) is 11.7 Å². The SMILES string of the molecule is CCC(N)C(=O)NCCNC(=O)C1CC1. The van der Waals surface area contributed by atoms with Crippen LogP contribution >= 0.6 is 0 Å². The van der Waals surface area contributed by atoms with Gasteiger partial charge in [-0.25, -0.2) is 0 Å². The molecule has 1 rings (SSSR count). The normalized spacial score (nSPS) is 16.9. The molecule has 2 amide bonds. The van der Waals surface area contributed by atoms with Crippen molar-refractivity contribution in [2.75, 3.05) is 13.1 Å². The lowest BCUT2D eigenvalue weighted by atomic mass is 10.2. The van der Waals surface area contributed by atoms with E-state index in [2.05, 4.69) is 10.6 Å². The molecule has 0 aromatic carbocycles. The highest BCUT2D eigenvalue weighted by Crippen LogP contribution is 2.28. The molecule has 1 aliphatic rings. The lowest BCUT2D eigenvalue weighted by molar-refractivity contribution is -0.124. The Morgan fingerprint density at radius 3 is 2.47 bits per heavy atom. The van der Waals surface area contributed by atoms with E-state index in [-0.39, 0.29) is 17.7 Å². The van der Waals surface area contributed by atoms with Crippen LogP contribution in [0.25, 0.3) is 0 Å². The van der Waals surface area contributed by atoms with Gasteiger partial charge in [0.15, 0.2) is 0 Å². The number of amides is 2. The molecule has 0 bridgehead atoms. The quantitative estimate of drug-likeness (QED) is 0.513. The van der Waals surface area contributed by atoms with Crippen LogP contribution in [0.3, 0.4) is 0 Å². The van der Waals surface area contributed by atoms with Gasteiger partial charge in [-0.3, -0.25) is 9.59 Å². The minimum absolute atomic E-state index is 0.101. The minimum atomic E-state index is -0.441. The topological polar surface area (TPSA) is 84.2 Å². The van der Waals surface area contributed by atoms with E-state index < -0.39 is 6.04 Å². The molecule has 86 valence electrons.